The zero-order valence-corrected chi connectivity index (χ0v) is 15.2. The molecular formula is C20H29NO3. The summed E-state index contributed by atoms with van der Waals surface area (Å²) in [6, 6.07) is 7.70. The highest BCUT2D eigenvalue weighted by atomic mass is 16.7. The lowest BCUT2D eigenvalue weighted by Gasteiger charge is -2.26. The molecule has 0 aliphatic carbocycles. The quantitative estimate of drug-likeness (QED) is 0.598. The molecule has 1 atom stereocenters. The van der Waals surface area contributed by atoms with Gasteiger partial charge in [0.15, 0.2) is 6.29 Å². The molecule has 0 saturated carbocycles. The Bertz CT molecular complexity index is 568. The first-order valence-electron chi connectivity index (χ1n) is 8.76. The van der Waals surface area contributed by atoms with E-state index >= 15 is 0 Å². The van der Waals surface area contributed by atoms with Crippen molar-refractivity contribution in [2.45, 2.75) is 58.8 Å². The van der Waals surface area contributed by atoms with Gasteiger partial charge >= 0.3 is 0 Å². The fourth-order valence-electron chi connectivity index (χ4n) is 2.81. The van der Waals surface area contributed by atoms with Gasteiger partial charge < -0.3 is 14.4 Å². The number of rotatable bonds is 5. The summed E-state index contributed by atoms with van der Waals surface area (Å²) in [5.41, 5.74) is 0.612. The van der Waals surface area contributed by atoms with Crippen LogP contribution < -0.4 is 4.74 Å². The van der Waals surface area contributed by atoms with Gasteiger partial charge in [-0.1, -0.05) is 18.2 Å². The van der Waals surface area contributed by atoms with Crippen LogP contribution in [0.1, 0.15) is 52.5 Å². The van der Waals surface area contributed by atoms with Crippen molar-refractivity contribution in [2.24, 2.45) is 0 Å². The molecule has 0 radical (unpaired) electrons. The van der Waals surface area contributed by atoms with E-state index < -0.39 is 0 Å². The van der Waals surface area contributed by atoms with E-state index in [0.717, 1.165) is 37.2 Å². The number of piperidine rings is 1. The molecule has 0 aromatic heterocycles. The number of hydrogen-bond donors (Lipinski definition) is 0. The maximum Gasteiger partial charge on any atom is 0.246 e. The van der Waals surface area contributed by atoms with E-state index in [4.69, 9.17) is 9.47 Å². The first-order chi connectivity index (χ1) is 11.3. The Hall–Kier alpha value is -1.81. The monoisotopic (exact) mass is 331 g/mol. The SMILES string of the molecule is CC(Oc1ccccc1C=CC(=O)N1CCCCC1)OC(C)(C)C. The highest BCUT2D eigenvalue weighted by Gasteiger charge is 2.17. The van der Waals surface area contributed by atoms with Crippen LogP contribution in [0.2, 0.25) is 0 Å². The van der Waals surface area contributed by atoms with Crippen molar-refractivity contribution in [2.75, 3.05) is 13.1 Å². The summed E-state index contributed by atoms with van der Waals surface area (Å²) in [4.78, 5) is 14.2. The van der Waals surface area contributed by atoms with Gasteiger partial charge in [-0.3, -0.25) is 4.79 Å². The third-order valence-corrected chi connectivity index (χ3v) is 3.80. The molecule has 1 unspecified atom stereocenters. The van der Waals surface area contributed by atoms with Gasteiger partial charge in [-0.25, -0.2) is 0 Å². The highest BCUT2D eigenvalue weighted by molar-refractivity contribution is 5.92. The molecule has 1 amide bonds. The number of hydrogen-bond acceptors (Lipinski definition) is 3. The van der Waals surface area contributed by atoms with Crippen LogP contribution in [0.4, 0.5) is 0 Å². The largest absolute Gasteiger partial charge is 0.465 e. The van der Waals surface area contributed by atoms with Gasteiger partial charge in [-0.05, 0) is 59.1 Å². The Labute approximate surface area is 145 Å². The van der Waals surface area contributed by atoms with E-state index in [2.05, 4.69) is 0 Å². The lowest BCUT2D eigenvalue weighted by Crippen LogP contribution is -2.34. The topological polar surface area (TPSA) is 38.8 Å². The number of ether oxygens (including phenoxy) is 2. The fourth-order valence-corrected chi connectivity index (χ4v) is 2.81. The minimum Gasteiger partial charge on any atom is -0.465 e. The van der Waals surface area contributed by atoms with Gasteiger partial charge in [0.05, 0.1) is 5.60 Å². The average molecular weight is 331 g/mol. The van der Waals surface area contributed by atoms with Crippen molar-refractivity contribution in [1.82, 2.24) is 4.90 Å². The number of carbonyl (C=O) groups is 1. The number of nitrogens with zero attached hydrogens (tertiary/aromatic N) is 1. The number of likely N-dealkylation sites (tertiary alicyclic amines) is 1. The zero-order valence-electron chi connectivity index (χ0n) is 15.2. The zero-order chi connectivity index (χ0) is 17.6. The van der Waals surface area contributed by atoms with Gasteiger partial charge in [-0.15, -0.1) is 0 Å². The molecule has 0 spiro atoms. The predicted octanol–water partition coefficient (Wildman–Crippen LogP) is 4.25. The van der Waals surface area contributed by atoms with E-state index in [1.807, 2.05) is 62.9 Å². The summed E-state index contributed by atoms with van der Waals surface area (Å²) < 4.78 is 11.7. The maximum atomic E-state index is 12.3. The van der Waals surface area contributed by atoms with Crippen LogP contribution in [0.25, 0.3) is 6.08 Å². The van der Waals surface area contributed by atoms with E-state index in [9.17, 15) is 4.79 Å². The standard InChI is InChI=1S/C20H29NO3/c1-16(24-20(2,3)4)23-18-11-7-6-10-17(18)12-13-19(22)21-14-8-5-9-15-21/h6-7,10-13,16H,5,8-9,14-15H2,1-4H3. The summed E-state index contributed by atoms with van der Waals surface area (Å²) in [5.74, 6) is 0.792. The molecule has 1 fully saturated rings. The van der Waals surface area contributed by atoms with Crippen LogP contribution in [0.15, 0.2) is 30.3 Å². The molecule has 4 heteroatoms. The summed E-state index contributed by atoms with van der Waals surface area (Å²) in [7, 11) is 0. The van der Waals surface area contributed by atoms with Gasteiger partial charge in [0.1, 0.15) is 5.75 Å². The van der Waals surface area contributed by atoms with Gasteiger partial charge in [-0.2, -0.15) is 0 Å². The molecule has 1 aliphatic heterocycles. The van der Waals surface area contributed by atoms with E-state index in [0.29, 0.717) is 0 Å². The Kier molecular flexibility index (Phi) is 6.44. The lowest BCUT2D eigenvalue weighted by atomic mass is 10.1. The van der Waals surface area contributed by atoms with Gasteiger partial charge in [0, 0.05) is 24.7 Å². The third kappa shape index (κ3) is 6.00. The van der Waals surface area contributed by atoms with Crippen molar-refractivity contribution in [3.63, 3.8) is 0 Å². The maximum absolute atomic E-state index is 12.3. The summed E-state index contributed by atoms with van der Waals surface area (Å²) in [5, 5.41) is 0. The first-order valence-corrected chi connectivity index (χ1v) is 8.76. The van der Waals surface area contributed by atoms with E-state index in [1.165, 1.54) is 6.42 Å². The Morgan fingerprint density at radius 1 is 1.17 bits per heavy atom. The second-order valence-electron chi connectivity index (χ2n) is 7.17. The van der Waals surface area contributed by atoms with Crippen molar-refractivity contribution < 1.29 is 14.3 Å². The molecule has 1 aliphatic rings. The second-order valence-corrected chi connectivity index (χ2v) is 7.17. The van der Waals surface area contributed by atoms with Crippen LogP contribution in [0, 0.1) is 0 Å². The Morgan fingerprint density at radius 2 is 1.83 bits per heavy atom. The van der Waals surface area contributed by atoms with Crippen LogP contribution in [-0.2, 0) is 9.53 Å². The fraction of sp³-hybridized carbons (Fsp3) is 0.550. The van der Waals surface area contributed by atoms with Crippen molar-refractivity contribution in [3.05, 3.63) is 35.9 Å². The second kappa shape index (κ2) is 8.34. The van der Waals surface area contributed by atoms with Crippen LogP contribution >= 0.6 is 0 Å². The molecule has 0 N–H and O–H groups in total. The molecule has 1 saturated heterocycles. The van der Waals surface area contributed by atoms with Gasteiger partial charge in [0.25, 0.3) is 0 Å². The predicted molar refractivity (Wildman–Crippen MR) is 96.8 cm³/mol. The van der Waals surface area contributed by atoms with Crippen molar-refractivity contribution in [3.8, 4) is 5.75 Å². The number of benzene rings is 1. The summed E-state index contributed by atoms with van der Waals surface area (Å²) >= 11 is 0. The summed E-state index contributed by atoms with van der Waals surface area (Å²) in [6.07, 6.45) is 6.52. The molecule has 24 heavy (non-hydrogen) atoms. The molecule has 1 heterocycles. The number of para-hydroxylation sites is 1. The molecule has 1 aromatic carbocycles. The molecule has 0 bridgehead atoms. The molecular weight excluding hydrogens is 302 g/mol. The van der Waals surface area contributed by atoms with Crippen LogP contribution in [0.5, 0.6) is 5.75 Å². The van der Waals surface area contributed by atoms with E-state index in [1.54, 1.807) is 6.08 Å². The number of amides is 1. The number of carbonyl (C=O) groups excluding carboxylic acids is 1. The minimum absolute atomic E-state index is 0.0727. The molecule has 4 nitrogen and oxygen atoms in total. The highest BCUT2D eigenvalue weighted by Crippen LogP contribution is 2.23. The van der Waals surface area contributed by atoms with Crippen LogP contribution in [-0.4, -0.2) is 35.8 Å². The van der Waals surface area contributed by atoms with Crippen molar-refractivity contribution >= 4 is 12.0 Å². The molecule has 132 valence electrons. The summed E-state index contributed by atoms with van der Waals surface area (Å²) in [6.45, 7) is 9.59. The Balaban J connectivity index is 2.02. The van der Waals surface area contributed by atoms with E-state index in [-0.39, 0.29) is 17.8 Å². The Morgan fingerprint density at radius 3 is 2.50 bits per heavy atom. The lowest BCUT2D eigenvalue weighted by molar-refractivity contribution is -0.140. The first kappa shape index (κ1) is 18.5. The molecule has 1 aromatic rings. The molecule has 2 rings (SSSR count). The van der Waals surface area contributed by atoms with Gasteiger partial charge in [0.2, 0.25) is 5.91 Å². The van der Waals surface area contributed by atoms with Crippen LogP contribution in [0.3, 0.4) is 0 Å². The third-order valence-electron chi connectivity index (χ3n) is 3.80. The minimum atomic E-state index is -0.364. The van der Waals surface area contributed by atoms with Crippen molar-refractivity contribution in [1.29, 1.82) is 0 Å². The smallest absolute Gasteiger partial charge is 0.246 e. The normalized spacial score (nSPS) is 17.1. The average Bonchev–Trinajstić information content (AvgIpc) is 2.53.